The maximum atomic E-state index is 11.9. The number of benzene rings is 2. The van der Waals surface area contributed by atoms with Crippen molar-refractivity contribution in [1.29, 1.82) is 0 Å². The molecule has 0 radical (unpaired) electrons. The lowest BCUT2D eigenvalue weighted by Crippen LogP contribution is -1.93. The molecule has 0 fully saturated rings. The first kappa shape index (κ1) is 14.5. The molecule has 0 spiro atoms. The first-order valence-corrected chi connectivity index (χ1v) is 6.12. The van der Waals surface area contributed by atoms with Crippen molar-refractivity contribution in [2.75, 3.05) is 7.11 Å². The Hall–Kier alpha value is -2.95. The van der Waals surface area contributed by atoms with Gasteiger partial charge in [0.15, 0.2) is 28.8 Å². The van der Waals surface area contributed by atoms with Crippen LogP contribution in [0.15, 0.2) is 42.5 Å². The molecule has 0 aromatic heterocycles. The molecule has 5 heteroatoms. The Morgan fingerprint density at radius 2 is 1.76 bits per heavy atom. The van der Waals surface area contributed by atoms with Gasteiger partial charge >= 0.3 is 0 Å². The Kier molecular flexibility index (Phi) is 4.13. The zero-order valence-corrected chi connectivity index (χ0v) is 11.3. The standard InChI is InChI=1S/C16H14O5/c1-21-16-7-3-10(8-15(16)20)2-5-12(17)11-4-6-13(18)14(19)9-11/h2-9,18-20H,1H3/b5-2+. The molecule has 0 saturated heterocycles. The molecular formula is C16H14O5. The lowest BCUT2D eigenvalue weighted by Gasteiger charge is -2.03. The van der Waals surface area contributed by atoms with Gasteiger partial charge in [-0.1, -0.05) is 12.1 Å². The third-order valence-corrected chi connectivity index (χ3v) is 2.89. The third kappa shape index (κ3) is 3.33. The zero-order chi connectivity index (χ0) is 15.4. The van der Waals surface area contributed by atoms with Crippen LogP contribution in [-0.4, -0.2) is 28.2 Å². The van der Waals surface area contributed by atoms with E-state index in [-0.39, 0.29) is 28.6 Å². The number of carbonyl (C=O) groups is 1. The van der Waals surface area contributed by atoms with Gasteiger partial charge in [-0.05, 0) is 42.0 Å². The molecule has 0 aliphatic rings. The number of hydrogen-bond acceptors (Lipinski definition) is 5. The summed E-state index contributed by atoms with van der Waals surface area (Å²) < 4.78 is 4.93. The van der Waals surface area contributed by atoms with Crippen molar-refractivity contribution in [2.45, 2.75) is 0 Å². The first-order valence-electron chi connectivity index (χ1n) is 6.12. The molecular weight excluding hydrogens is 272 g/mol. The fraction of sp³-hybridized carbons (Fsp3) is 0.0625. The summed E-state index contributed by atoms with van der Waals surface area (Å²) >= 11 is 0. The number of ketones is 1. The van der Waals surface area contributed by atoms with Crippen molar-refractivity contribution in [1.82, 2.24) is 0 Å². The van der Waals surface area contributed by atoms with Gasteiger partial charge in [-0.2, -0.15) is 0 Å². The van der Waals surface area contributed by atoms with Crippen LogP contribution in [0.2, 0.25) is 0 Å². The summed E-state index contributed by atoms with van der Waals surface area (Å²) in [7, 11) is 1.45. The maximum absolute atomic E-state index is 11.9. The van der Waals surface area contributed by atoms with Crippen molar-refractivity contribution in [3.63, 3.8) is 0 Å². The number of ether oxygens (including phenoxy) is 1. The summed E-state index contributed by atoms with van der Waals surface area (Å²) in [5.41, 5.74) is 0.879. The van der Waals surface area contributed by atoms with E-state index in [0.29, 0.717) is 11.3 Å². The van der Waals surface area contributed by atoms with E-state index in [1.54, 1.807) is 12.1 Å². The number of phenolic OH excluding ortho intramolecular Hbond substituents is 3. The quantitative estimate of drug-likeness (QED) is 0.457. The molecule has 0 heterocycles. The van der Waals surface area contributed by atoms with E-state index in [1.807, 2.05) is 0 Å². The monoisotopic (exact) mass is 286 g/mol. The molecule has 0 saturated carbocycles. The van der Waals surface area contributed by atoms with E-state index < -0.39 is 0 Å². The summed E-state index contributed by atoms with van der Waals surface area (Å²) in [6.45, 7) is 0. The smallest absolute Gasteiger partial charge is 0.185 e. The molecule has 2 aromatic rings. The number of phenols is 3. The van der Waals surface area contributed by atoms with Crippen molar-refractivity contribution >= 4 is 11.9 Å². The topological polar surface area (TPSA) is 87.0 Å². The number of aromatic hydroxyl groups is 3. The number of allylic oxidation sites excluding steroid dienone is 1. The van der Waals surface area contributed by atoms with Gasteiger partial charge in [0, 0.05) is 5.56 Å². The van der Waals surface area contributed by atoms with E-state index >= 15 is 0 Å². The molecule has 21 heavy (non-hydrogen) atoms. The van der Waals surface area contributed by atoms with Gasteiger partial charge in [0.1, 0.15) is 0 Å². The maximum Gasteiger partial charge on any atom is 0.185 e. The Labute approximate surface area is 121 Å². The Morgan fingerprint density at radius 1 is 1.00 bits per heavy atom. The highest BCUT2D eigenvalue weighted by atomic mass is 16.5. The van der Waals surface area contributed by atoms with Crippen LogP contribution in [0, 0.1) is 0 Å². The number of hydrogen-bond donors (Lipinski definition) is 3. The van der Waals surface area contributed by atoms with Crippen LogP contribution in [-0.2, 0) is 0 Å². The van der Waals surface area contributed by atoms with Crippen LogP contribution >= 0.6 is 0 Å². The Morgan fingerprint density at radius 3 is 2.38 bits per heavy atom. The highest BCUT2D eigenvalue weighted by Crippen LogP contribution is 2.27. The third-order valence-electron chi connectivity index (χ3n) is 2.89. The van der Waals surface area contributed by atoms with E-state index in [9.17, 15) is 20.1 Å². The second-order valence-corrected chi connectivity index (χ2v) is 4.33. The molecule has 3 N–H and O–H groups in total. The highest BCUT2D eigenvalue weighted by molar-refractivity contribution is 6.07. The van der Waals surface area contributed by atoms with Gasteiger partial charge < -0.3 is 20.1 Å². The van der Waals surface area contributed by atoms with Crippen LogP contribution in [0.5, 0.6) is 23.0 Å². The molecule has 0 aliphatic heterocycles. The average Bonchev–Trinajstić information content (AvgIpc) is 2.47. The number of methoxy groups -OCH3 is 1. The molecule has 0 unspecified atom stereocenters. The summed E-state index contributed by atoms with van der Waals surface area (Å²) in [6, 6.07) is 8.59. The van der Waals surface area contributed by atoms with Crippen molar-refractivity contribution in [2.24, 2.45) is 0 Å². The van der Waals surface area contributed by atoms with E-state index in [0.717, 1.165) is 0 Å². The minimum absolute atomic E-state index is 0.0191. The SMILES string of the molecule is COc1ccc(/C=C/C(=O)c2ccc(O)c(O)c2)cc1O. The minimum Gasteiger partial charge on any atom is -0.504 e. The summed E-state index contributed by atoms with van der Waals surface area (Å²) in [4.78, 5) is 11.9. The molecule has 0 atom stereocenters. The van der Waals surface area contributed by atoms with Crippen molar-refractivity contribution in [3.05, 3.63) is 53.6 Å². The predicted octanol–water partition coefficient (Wildman–Crippen LogP) is 2.71. The molecule has 2 rings (SSSR count). The first-order chi connectivity index (χ1) is 10.0. The van der Waals surface area contributed by atoms with Crippen LogP contribution < -0.4 is 4.74 Å². The lowest BCUT2D eigenvalue weighted by atomic mass is 10.1. The normalized spacial score (nSPS) is 10.7. The van der Waals surface area contributed by atoms with Gasteiger partial charge in [0.05, 0.1) is 7.11 Å². The van der Waals surface area contributed by atoms with Gasteiger partial charge in [-0.25, -0.2) is 0 Å². The van der Waals surface area contributed by atoms with Gasteiger partial charge in [0.25, 0.3) is 0 Å². The second kappa shape index (κ2) is 6.00. The Bertz CT molecular complexity index is 704. The van der Waals surface area contributed by atoms with Gasteiger partial charge in [-0.3, -0.25) is 4.79 Å². The molecule has 5 nitrogen and oxygen atoms in total. The zero-order valence-electron chi connectivity index (χ0n) is 11.3. The second-order valence-electron chi connectivity index (χ2n) is 4.33. The fourth-order valence-electron chi connectivity index (χ4n) is 1.76. The minimum atomic E-state index is -0.351. The Balaban J connectivity index is 2.18. The lowest BCUT2D eigenvalue weighted by molar-refractivity contribution is 0.104. The number of rotatable bonds is 4. The number of carbonyl (C=O) groups excluding carboxylic acids is 1. The van der Waals surface area contributed by atoms with E-state index in [4.69, 9.17) is 4.74 Å². The summed E-state index contributed by atoms with van der Waals surface area (Å²) in [6.07, 6.45) is 2.85. The average molecular weight is 286 g/mol. The fourth-order valence-corrected chi connectivity index (χ4v) is 1.76. The summed E-state index contributed by atoms with van der Waals surface area (Å²) in [5, 5.41) is 28.2. The van der Waals surface area contributed by atoms with Crippen LogP contribution in [0.25, 0.3) is 6.08 Å². The largest absolute Gasteiger partial charge is 0.504 e. The molecule has 0 amide bonds. The predicted molar refractivity (Wildman–Crippen MR) is 77.8 cm³/mol. The molecule has 2 aromatic carbocycles. The molecule has 0 aliphatic carbocycles. The highest BCUT2D eigenvalue weighted by Gasteiger charge is 2.06. The van der Waals surface area contributed by atoms with Crippen molar-refractivity contribution in [3.8, 4) is 23.0 Å². The molecule has 0 bridgehead atoms. The van der Waals surface area contributed by atoms with Crippen LogP contribution in [0.1, 0.15) is 15.9 Å². The van der Waals surface area contributed by atoms with Gasteiger partial charge in [0.2, 0.25) is 0 Å². The van der Waals surface area contributed by atoms with Crippen molar-refractivity contribution < 1.29 is 24.9 Å². The molecule has 108 valence electrons. The van der Waals surface area contributed by atoms with Crippen LogP contribution in [0.4, 0.5) is 0 Å². The van der Waals surface area contributed by atoms with Gasteiger partial charge in [-0.15, -0.1) is 0 Å². The van der Waals surface area contributed by atoms with E-state index in [2.05, 4.69) is 0 Å². The summed E-state index contributed by atoms with van der Waals surface area (Å²) in [5.74, 6) is -0.635. The van der Waals surface area contributed by atoms with E-state index in [1.165, 1.54) is 43.5 Å². The van der Waals surface area contributed by atoms with Crippen LogP contribution in [0.3, 0.4) is 0 Å².